The van der Waals surface area contributed by atoms with Crippen molar-refractivity contribution in [2.75, 3.05) is 11.1 Å². The van der Waals surface area contributed by atoms with E-state index in [0.29, 0.717) is 27.6 Å². The second-order valence-corrected chi connectivity index (χ2v) is 8.66. The number of carbonyl (C=O) groups excluding carboxylic acids is 1. The predicted octanol–water partition coefficient (Wildman–Crippen LogP) is 3.47. The fraction of sp³-hybridized carbons (Fsp3) is 0.182. The topological polar surface area (TPSA) is 125 Å². The van der Waals surface area contributed by atoms with Crippen LogP contribution in [0.25, 0.3) is 16.7 Å². The van der Waals surface area contributed by atoms with Gasteiger partial charge in [0.15, 0.2) is 10.8 Å². The minimum Gasteiger partial charge on any atom is -0.326 e. The number of aromatic nitrogens is 4. The molecule has 0 spiro atoms. The number of fused-ring (bicyclic) bond motifs is 2. The van der Waals surface area contributed by atoms with Gasteiger partial charge in [-0.25, -0.2) is 9.67 Å². The first-order chi connectivity index (χ1) is 15.9. The number of nitro groups is 1. The lowest BCUT2D eigenvalue weighted by atomic mass is 10.2. The summed E-state index contributed by atoms with van der Waals surface area (Å²) in [5.41, 5.74) is 2.53. The fourth-order valence-corrected chi connectivity index (χ4v) is 4.98. The van der Waals surface area contributed by atoms with Crippen molar-refractivity contribution < 1.29 is 9.72 Å². The maximum atomic E-state index is 13.3. The molecule has 0 bridgehead atoms. The second kappa shape index (κ2) is 8.17. The van der Waals surface area contributed by atoms with E-state index in [0.717, 1.165) is 11.3 Å². The Morgan fingerprint density at radius 3 is 2.73 bits per heavy atom. The smallest absolute Gasteiger partial charge is 0.269 e. The third-order valence-corrected chi connectivity index (χ3v) is 6.59. The molecular weight excluding hydrogens is 444 g/mol. The third kappa shape index (κ3) is 3.76. The molecule has 166 valence electrons. The molecule has 5 rings (SSSR count). The summed E-state index contributed by atoms with van der Waals surface area (Å²) in [6.45, 7) is 1.97. The monoisotopic (exact) mass is 462 g/mol. The van der Waals surface area contributed by atoms with Gasteiger partial charge in [0.05, 0.1) is 22.8 Å². The van der Waals surface area contributed by atoms with Crippen LogP contribution in [0.15, 0.2) is 64.7 Å². The molecule has 1 aliphatic heterocycles. The Balaban J connectivity index is 1.41. The number of nitrogens with zero attached hydrogens (tertiary/aromatic N) is 5. The molecule has 0 saturated carbocycles. The van der Waals surface area contributed by atoms with Gasteiger partial charge in [-0.2, -0.15) is 5.10 Å². The molecule has 33 heavy (non-hydrogen) atoms. The number of hydrogen-bond donors (Lipinski definition) is 1. The molecule has 1 unspecified atom stereocenters. The maximum Gasteiger partial charge on any atom is 0.269 e. The molecule has 0 saturated heterocycles. The molecule has 2 aromatic heterocycles. The number of anilines is 1. The highest BCUT2D eigenvalue weighted by Gasteiger charge is 2.29. The van der Waals surface area contributed by atoms with Crippen molar-refractivity contribution in [3.63, 3.8) is 0 Å². The number of amides is 1. The van der Waals surface area contributed by atoms with Crippen molar-refractivity contribution in [3.05, 3.63) is 80.8 Å². The van der Waals surface area contributed by atoms with Gasteiger partial charge < -0.3 is 5.32 Å². The molecule has 1 N–H and O–H groups in total. The van der Waals surface area contributed by atoms with E-state index in [1.807, 2.05) is 31.2 Å². The first-order valence-corrected chi connectivity index (χ1v) is 11.1. The molecule has 0 radical (unpaired) electrons. The van der Waals surface area contributed by atoms with Crippen molar-refractivity contribution in [1.82, 2.24) is 19.3 Å². The molecule has 11 heteroatoms. The van der Waals surface area contributed by atoms with E-state index in [9.17, 15) is 19.7 Å². The Kier molecular flexibility index (Phi) is 5.17. The number of aryl methyl sites for hydroxylation is 1. The van der Waals surface area contributed by atoms with E-state index < -0.39 is 4.92 Å². The van der Waals surface area contributed by atoms with Crippen LogP contribution in [-0.2, 0) is 4.79 Å². The molecule has 0 fully saturated rings. The maximum absolute atomic E-state index is 13.3. The van der Waals surface area contributed by atoms with E-state index >= 15 is 0 Å². The lowest BCUT2D eigenvalue weighted by Crippen LogP contribution is -2.27. The van der Waals surface area contributed by atoms with Crippen LogP contribution in [0, 0.1) is 17.0 Å². The van der Waals surface area contributed by atoms with Gasteiger partial charge in [0.1, 0.15) is 5.39 Å². The van der Waals surface area contributed by atoms with E-state index in [4.69, 9.17) is 4.98 Å². The molecule has 10 nitrogen and oxygen atoms in total. The third-order valence-electron chi connectivity index (χ3n) is 5.50. The minimum atomic E-state index is -0.500. The Morgan fingerprint density at radius 2 is 2.00 bits per heavy atom. The molecule has 1 amide bonds. The van der Waals surface area contributed by atoms with Crippen LogP contribution in [-0.4, -0.2) is 35.9 Å². The van der Waals surface area contributed by atoms with Crippen LogP contribution >= 0.6 is 11.8 Å². The van der Waals surface area contributed by atoms with Gasteiger partial charge in [-0.15, -0.1) is 0 Å². The summed E-state index contributed by atoms with van der Waals surface area (Å²) in [5, 5.41) is 18.8. The van der Waals surface area contributed by atoms with E-state index in [2.05, 4.69) is 10.4 Å². The standard InChI is InChI=1S/C22H18N6O4S/c1-13-4-2-3-5-18(13)27-20-17(11-23-27)21(30)26-16(12-33-22(26)25-20)10-19(29)24-14-6-8-15(9-7-14)28(31)32/h2-9,11,16H,10,12H2,1H3,(H,24,29). The number of rotatable bonds is 5. The van der Waals surface area contributed by atoms with Gasteiger partial charge in [-0.05, 0) is 30.7 Å². The number of thioether (sulfide) groups is 1. The lowest BCUT2D eigenvalue weighted by Gasteiger charge is -2.13. The Morgan fingerprint density at radius 1 is 1.24 bits per heavy atom. The summed E-state index contributed by atoms with van der Waals surface area (Å²) in [4.78, 5) is 40.8. The fourth-order valence-electron chi connectivity index (χ4n) is 3.85. The second-order valence-electron chi connectivity index (χ2n) is 7.67. The zero-order valence-electron chi connectivity index (χ0n) is 17.5. The average Bonchev–Trinajstić information content (AvgIpc) is 3.39. The van der Waals surface area contributed by atoms with Crippen molar-refractivity contribution >= 4 is 40.1 Å². The van der Waals surface area contributed by atoms with Crippen molar-refractivity contribution in [1.29, 1.82) is 0 Å². The zero-order chi connectivity index (χ0) is 23.1. The number of carbonyl (C=O) groups is 1. The Bertz CT molecular complexity index is 1460. The Labute approximate surface area is 191 Å². The number of non-ortho nitro benzene ring substituents is 1. The van der Waals surface area contributed by atoms with Gasteiger partial charge in [0.25, 0.3) is 11.2 Å². The van der Waals surface area contributed by atoms with Gasteiger partial charge in [-0.3, -0.25) is 24.3 Å². The van der Waals surface area contributed by atoms with Crippen LogP contribution in [0.2, 0.25) is 0 Å². The highest BCUT2D eigenvalue weighted by atomic mass is 32.2. The molecule has 4 aromatic rings. The summed E-state index contributed by atoms with van der Waals surface area (Å²) in [7, 11) is 0. The van der Waals surface area contributed by atoms with Crippen LogP contribution in [0.1, 0.15) is 18.0 Å². The largest absolute Gasteiger partial charge is 0.326 e. The summed E-state index contributed by atoms with van der Waals surface area (Å²) in [6, 6.07) is 13.0. The lowest BCUT2D eigenvalue weighted by molar-refractivity contribution is -0.384. The van der Waals surface area contributed by atoms with Crippen LogP contribution in [0.4, 0.5) is 11.4 Å². The number of para-hydroxylation sites is 1. The molecule has 3 heterocycles. The van der Waals surface area contributed by atoms with E-state index in [1.165, 1.54) is 42.2 Å². The van der Waals surface area contributed by atoms with Gasteiger partial charge in [0.2, 0.25) is 5.91 Å². The first kappa shape index (κ1) is 20.9. The van der Waals surface area contributed by atoms with E-state index in [1.54, 1.807) is 9.25 Å². The van der Waals surface area contributed by atoms with Crippen molar-refractivity contribution in [2.45, 2.75) is 24.5 Å². The quantitative estimate of drug-likeness (QED) is 0.273. The highest BCUT2D eigenvalue weighted by Crippen LogP contribution is 2.33. The zero-order valence-corrected chi connectivity index (χ0v) is 18.3. The van der Waals surface area contributed by atoms with Gasteiger partial charge in [0, 0.05) is 30.0 Å². The van der Waals surface area contributed by atoms with Gasteiger partial charge >= 0.3 is 0 Å². The van der Waals surface area contributed by atoms with Crippen LogP contribution in [0.5, 0.6) is 0 Å². The molecule has 0 aliphatic carbocycles. The normalized spacial score (nSPS) is 14.9. The van der Waals surface area contributed by atoms with Crippen molar-refractivity contribution in [2.24, 2.45) is 0 Å². The predicted molar refractivity (Wildman–Crippen MR) is 124 cm³/mol. The molecular formula is C22H18N6O4S. The summed E-state index contributed by atoms with van der Waals surface area (Å²) >= 11 is 1.43. The number of benzene rings is 2. The average molecular weight is 462 g/mol. The molecule has 2 aromatic carbocycles. The first-order valence-electron chi connectivity index (χ1n) is 10.2. The number of nitrogens with one attached hydrogen (secondary N) is 1. The van der Waals surface area contributed by atoms with Crippen molar-refractivity contribution in [3.8, 4) is 5.69 Å². The summed E-state index contributed by atoms with van der Waals surface area (Å²) in [5.74, 6) is 0.255. The Hall–Kier alpha value is -3.99. The minimum absolute atomic E-state index is 0.0537. The summed E-state index contributed by atoms with van der Waals surface area (Å²) in [6.07, 6.45) is 1.59. The van der Waals surface area contributed by atoms with Gasteiger partial charge in [-0.1, -0.05) is 30.0 Å². The van der Waals surface area contributed by atoms with E-state index in [-0.39, 0.29) is 29.6 Å². The van der Waals surface area contributed by atoms with Crippen LogP contribution in [0.3, 0.4) is 0 Å². The SMILES string of the molecule is Cc1ccccc1-n1ncc2c(=O)n3c(nc21)SCC3CC(=O)Nc1ccc([N+](=O)[O-])cc1. The highest BCUT2D eigenvalue weighted by molar-refractivity contribution is 7.99. The molecule has 1 atom stereocenters. The summed E-state index contributed by atoms with van der Waals surface area (Å²) < 4.78 is 3.23. The van der Waals surface area contributed by atoms with Crippen LogP contribution < -0.4 is 10.9 Å². The number of hydrogen-bond acceptors (Lipinski definition) is 7. The number of nitro benzene ring substituents is 1. The molecule has 1 aliphatic rings.